The van der Waals surface area contributed by atoms with E-state index >= 15 is 0 Å². The smallest absolute Gasteiger partial charge is 0.226 e. The maximum atomic E-state index is 12.1. The number of anilines is 1. The molecular weight excluding hydrogens is 338 g/mol. The van der Waals surface area contributed by atoms with Gasteiger partial charge in [-0.3, -0.25) is 4.79 Å². The average Bonchev–Trinajstić information content (AvgIpc) is 3.07. The molecule has 1 aromatic heterocycles. The first kappa shape index (κ1) is 17.2. The molecule has 0 radical (unpaired) electrons. The van der Waals surface area contributed by atoms with Gasteiger partial charge in [-0.25, -0.2) is 0 Å². The molecule has 0 bridgehead atoms. The molecule has 128 valence electrons. The number of nitrogens with one attached hydrogen (secondary N) is 1. The van der Waals surface area contributed by atoms with Gasteiger partial charge in [0, 0.05) is 29.1 Å². The molecular formula is C19H18ClN3O2. The normalized spacial score (nSPS) is 10.6. The summed E-state index contributed by atoms with van der Waals surface area (Å²) in [7, 11) is 0. The van der Waals surface area contributed by atoms with Crippen LogP contribution in [0.3, 0.4) is 0 Å². The van der Waals surface area contributed by atoms with E-state index in [1.54, 1.807) is 12.1 Å². The Labute approximate surface area is 151 Å². The van der Waals surface area contributed by atoms with Crippen molar-refractivity contribution in [2.75, 3.05) is 5.32 Å². The third-order valence-corrected chi connectivity index (χ3v) is 3.99. The van der Waals surface area contributed by atoms with E-state index in [1.165, 1.54) is 0 Å². The fraction of sp³-hybridized carbons (Fsp3) is 0.211. The number of hydrogen-bond donors (Lipinski definition) is 1. The van der Waals surface area contributed by atoms with Gasteiger partial charge in [0.1, 0.15) is 0 Å². The summed E-state index contributed by atoms with van der Waals surface area (Å²) in [6.45, 7) is 1.91. The van der Waals surface area contributed by atoms with Crippen LogP contribution in [0.5, 0.6) is 0 Å². The quantitative estimate of drug-likeness (QED) is 0.698. The number of halogens is 1. The second-order valence-corrected chi connectivity index (χ2v) is 6.18. The molecule has 0 spiro atoms. The molecule has 6 heteroatoms. The van der Waals surface area contributed by atoms with Crippen LogP contribution in [-0.2, 0) is 11.2 Å². The zero-order valence-electron chi connectivity index (χ0n) is 13.8. The molecule has 0 fully saturated rings. The van der Waals surface area contributed by atoms with Crippen molar-refractivity contribution in [2.45, 2.75) is 26.2 Å². The minimum absolute atomic E-state index is 0.0479. The highest BCUT2D eigenvalue weighted by atomic mass is 35.5. The SMILES string of the molecule is Cc1cc(Cl)ccc1NC(=O)CCCc1nc(-c2ccccc2)no1. The summed E-state index contributed by atoms with van der Waals surface area (Å²) in [5.74, 6) is 1.05. The van der Waals surface area contributed by atoms with Gasteiger partial charge in [0.15, 0.2) is 0 Å². The van der Waals surface area contributed by atoms with E-state index in [0.29, 0.717) is 36.0 Å². The first-order valence-electron chi connectivity index (χ1n) is 8.06. The molecule has 0 atom stereocenters. The van der Waals surface area contributed by atoms with E-state index in [-0.39, 0.29) is 5.91 Å². The zero-order valence-corrected chi connectivity index (χ0v) is 14.6. The number of carbonyl (C=O) groups excluding carboxylic acids is 1. The van der Waals surface area contributed by atoms with Crippen molar-refractivity contribution in [2.24, 2.45) is 0 Å². The average molecular weight is 356 g/mol. The lowest BCUT2D eigenvalue weighted by Gasteiger charge is -2.08. The van der Waals surface area contributed by atoms with Gasteiger partial charge in [0.2, 0.25) is 17.6 Å². The van der Waals surface area contributed by atoms with E-state index in [0.717, 1.165) is 16.8 Å². The van der Waals surface area contributed by atoms with Crippen LogP contribution < -0.4 is 5.32 Å². The number of carbonyl (C=O) groups is 1. The summed E-state index contributed by atoms with van der Waals surface area (Å²) < 4.78 is 5.24. The third-order valence-electron chi connectivity index (χ3n) is 3.76. The predicted molar refractivity (Wildman–Crippen MR) is 97.5 cm³/mol. The first-order valence-corrected chi connectivity index (χ1v) is 8.43. The van der Waals surface area contributed by atoms with Gasteiger partial charge in [0.05, 0.1) is 0 Å². The largest absolute Gasteiger partial charge is 0.339 e. The molecule has 0 saturated heterocycles. The number of hydrogen-bond acceptors (Lipinski definition) is 4. The van der Waals surface area contributed by atoms with Crippen LogP contribution in [0.25, 0.3) is 11.4 Å². The second kappa shape index (κ2) is 7.94. The van der Waals surface area contributed by atoms with Gasteiger partial charge in [-0.2, -0.15) is 4.98 Å². The van der Waals surface area contributed by atoms with E-state index in [4.69, 9.17) is 16.1 Å². The Morgan fingerprint density at radius 3 is 2.76 bits per heavy atom. The Hall–Kier alpha value is -2.66. The maximum absolute atomic E-state index is 12.1. The Balaban J connectivity index is 1.49. The maximum Gasteiger partial charge on any atom is 0.226 e. The lowest BCUT2D eigenvalue weighted by atomic mass is 10.2. The Bertz CT molecular complexity index is 862. The number of benzene rings is 2. The highest BCUT2D eigenvalue weighted by molar-refractivity contribution is 6.30. The summed E-state index contributed by atoms with van der Waals surface area (Å²) in [5.41, 5.74) is 2.62. The standard InChI is InChI=1S/C19H18ClN3O2/c1-13-12-15(20)10-11-16(13)21-17(24)8-5-9-18-22-19(23-25-18)14-6-3-2-4-7-14/h2-4,6-7,10-12H,5,8-9H2,1H3,(H,21,24). The molecule has 25 heavy (non-hydrogen) atoms. The molecule has 0 aliphatic carbocycles. The molecule has 0 aliphatic rings. The van der Waals surface area contributed by atoms with Gasteiger partial charge >= 0.3 is 0 Å². The van der Waals surface area contributed by atoms with Gasteiger partial charge < -0.3 is 9.84 Å². The molecule has 1 N–H and O–H groups in total. The minimum Gasteiger partial charge on any atom is -0.339 e. The summed E-state index contributed by atoms with van der Waals surface area (Å²) in [5, 5.41) is 7.52. The van der Waals surface area contributed by atoms with E-state index in [9.17, 15) is 4.79 Å². The molecule has 3 rings (SSSR count). The monoisotopic (exact) mass is 355 g/mol. The van der Waals surface area contributed by atoms with E-state index in [1.807, 2.05) is 43.3 Å². The van der Waals surface area contributed by atoms with E-state index in [2.05, 4.69) is 15.5 Å². The van der Waals surface area contributed by atoms with Gasteiger partial charge in [-0.1, -0.05) is 47.1 Å². The van der Waals surface area contributed by atoms with Gasteiger partial charge in [-0.15, -0.1) is 0 Å². The second-order valence-electron chi connectivity index (χ2n) is 5.74. The molecule has 2 aromatic carbocycles. The highest BCUT2D eigenvalue weighted by Gasteiger charge is 2.10. The minimum atomic E-state index is -0.0479. The summed E-state index contributed by atoms with van der Waals surface area (Å²) in [4.78, 5) is 16.4. The van der Waals surface area contributed by atoms with Crippen molar-refractivity contribution in [1.29, 1.82) is 0 Å². The lowest BCUT2D eigenvalue weighted by Crippen LogP contribution is -2.12. The van der Waals surface area contributed by atoms with Crippen molar-refractivity contribution in [3.63, 3.8) is 0 Å². The molecule has 0 aliphatic heterocycles. The number of amides is 1. The topological polar surface area (TPSA) is 68.0 Å². The van der Waals surface area contributed by atoms with Gasteiger partial charge in [-0.05, 0) is 37.1 Å². The van der Waals surface area contributed by atoms with Crippen molar-refractivity contribution in [3.05, 3.63) is 65.0 Å². The van der Waals surface area contributed by atoms with Gasteiger partial charge in [0.25, 0.3) is 0 Å². The number of aryl methyl sites for hydroxylation is 2. The Morgan fingerprint density at radius 1 is 1.20 bits per heavy atom. The Kier molecular flexibility index (Phi) is 5.46. The Morgan fingerprint density at radius 2 is 2.00 bits per heavy atom. The fourth-order valence-corrected chi connectivity index (χ4v) is 2.67. The molecule has 3 aromatic rings. The van der Waals surface area contributed by atoms with Crippen LogP contribution in [0.2, 0.25) is 5.02 Å². The van der Waals surface area contributed by atoms with Crippen LogP contribution in [0.4, 0.5) is 5.69 Å². The van der Waals surface area contributed by atoms with Crippen molar-refractivity contribution >= 4 is 23.2 Å². The van der Waals surface area contributed by atoms with Crippen LogP contribution in [-0.4, -0.2) is 16.0 Å². The summed E-state index contributed by atoms with van der Waals surface area (Å²) in [6.07, 6.45) is 1.58. The summed E-state index contributed by atoms with van der Waals surface area (Å²) >= 11 is 5.92. The van der Waals surface area contributed by atoms with Crippen molar-refractivity contribution < 1.29 is 9.32 Å². The first-order chi connectivity index (χ1) is 12.1. The molecule has 0 saturated carbocycles. The summed E-state index contributed by atoms with van der Waals surface area (Å²) in [6, 6.07) is 15.0. The zero-order chi connectivity index (χ0) is 17.6. The lowest BCUT2D eigenvalue weighted by molar-refractivity contribution is -0.116. The molecule has 5 nitrogen and oxygen atoms in total. The molecule has 1 heterocycles. The van der Waals surface area contributed by atoms with Crippen molar-refractivity contribution in [3.8, 4) is 11.4 Å². The third kappa shape index (κ3) is 4.67. The number of aromatic nitrogens is 2. The molecule has 0 unspecified atom stereocenters. The van der Waals surface area contributed by atoms with E-state index < -0.39 is 0 Å². The fourth-order valence-electron chi connectivity index (χ4n) is 2.44. The molecule has 1 amide bonds. The van der Waals surface area contributed by atoms with Crippen LogP contribution in [0.1, 0.15) is 24.3 Å². The number of nitrogens with zero attached hydrogens (tertiary/aromatic N) is 2. The predicted octanol–water partition coefficient (Wildman–Crippen LogP) is 4.66. The van der Waals surface area contributed by atoms with Crippen LogP contribution in [0.15, 0.2) is 53.1 Å². The number of rotatable bonds is 6. The van der Waals surface area contributed by atoms with Crippen LogP contribution in [0, 0.1) is 6.92 Å². The highest BCUT2D eigenvalue weighted by Crippen LogP contribution is 2.20. The van der Waals surface area contributed by atoms with Crippen LogP contribution >= 0.6 is 11.6 Å². The van der Waals surface area contributed by atoms with Crippen molar-refractivity contribution in [1.82, 2.24) is 10.1 Å².